The number of halogens is 1. The van der Waals surface area contributed by atoms with Gasteiger partial charge in [-0.1, -0.05) is 29.0 Å². The molecule has 0 N–H and O–H groups in total. The lowest BCUT2D eigenvalue weighted by Gasteiger charge is -1.97. The van der Waals surface area contributed by atoms with Crippen molar-refractivity contribution in [1.82, 2.24) is 4.98 Å². The minimum atomic E-state index is -0.501. The summed E-state index contributed by atoms with van der Waals surface area (Å²) in [6, 6.07) is 3.90. The Kier molecular flexibility index (Phi) is 3.98. The van der Waals surface area contributed by atoms with Crippen molar-refractivity contribution in [2.24, 2.45) is 0 Å². The Morgan fingerprint density at radius 3 is 3.06 bits per heavy atom. The van der Waals surface area contributed by atoms with Gasteiger partial charge in [-0.2, -0.15) is 4.98 Å². The number of hydrogen-bond acceptors (Lipinski definition) is 6. The van der Waals surface area contributed by atoms with Gasteiger partial charge in [-0.05, 0) is 11.4 Å². The number of aromatic nitrogens is 1. The predicted molar refractivity (Wildman–Crippen MR) is 67.1 cm³/mol. The maximum Gasteiger partial charge on any atom is 0.351 e. The number of rotatable bonds is 4. The fourth-order valence-electron chi connectivity index (χ4n) is 1.09. The zero-order valence-electron chi connectivity index (χ0n) is 8.81. The Hall–Kier alpha value is -1.11. The summed E-state index contributed by atoms with van der Waals surface area (Å²) in [5, 5.41) is 2.44. The third-order valence-corrected chi connectivity index (χ3v) is 4.04. The van der Waals surface area contributed by atoms with Crippen molar-refractivity contribution in [3.63, 3.8) is 0 Å². The quantitative estimate of drug-likeness (QED) is 0.811. The lowest BCUT2D eigenvalue weighted by atomic mass is 10.5. The van der Waals surface area contributed by atoms with E-state index in [1.54, 1.807) is 11.3 Å². The van der Waals surface area contributed by atoms with E-state index in [4.69, 9.17) is 16.3 Å². The van der Waals surface area contributed by atoms with Gasteiger partial charge in [-0.3, -0.25) is 0 Å². The molecule has 2 heterocycles. The van der Waals surface area contributed by atoms with Crippen LogP contribution in [0.4, 0.5) is 0 Å². The van der Waals surface area contributed by atoms with E-state index in [1.807, 2.05) is 17.5 Å². The molecule has 2 rings (SSSR count). The van der Waals surface area contributed by atoms with E-state index in [0.717, 1.165) is 16.2 Å². The van der Waals surface area contributed by atoms with Crippen LogP contribution in [0.5, 0.6) is 5.19 Å². The highest BCUT2D eigenvalue weighted by Gasteiger charge is 2.18. The standard InChI is InChI=1S/C10H8ClNO3S2/c1-14-9(13)7-8(11)12-10(17-7)15-5-6-3-2-4-16-6/h2-4H,5H2,1H3. The Morgan fingerprint density at radius 1 is 1.59 bits per heavy atom. The summed E-state index contributed by atoms with van der Waals surface area (Å²) >= 11 is 8.47. The molecule has 0 aromatic carbocycles. The van der Waals surface area contributed by atoms with Crippen molar-refractivity contribution in [2.75, 3.05) is 7.11 Å². The van der Waals surface area contributed by atoms with Gasteiger partial charge >= 0.3 is 5.97 Å². The molecule has 0 atom stereocenters. The molecule has 0 amide bonds. The number of thiazole rings is 1. The fraction of sp³-hybridized carbons (Fsp3) is 0.200. The molecule has 0 aliphatic carbocycles. The highest BCUT2D eigenvalue weighted by atomic mass is 35.5. The van der Waals surface area contributed by atoms with Gasteiger partial charge in [0.15, 0.2) is 10.0 Å². The van der Waals surface area contributed by atoms with Crippen molar-refractivity contribution in [3.05, 3.63) is 32.4 Å². The van der Waals surface area contributed by atoms with Gasteiger partial charge in [0.05, 0.1) is 7.11 Å². The largest absolute Gasteiger partial charge is 0.465 e. The molecule has 0 saturated heterocycles. The first kappa shape index (κ1) is 12.3. The van der Waals surface area contributed by atoms with Gasteiger partial charge in [0.25, 0.3) is 5.19 Å². The Balaban J connectivity index is 2.05. The third kappa shape index (κ3) is 2.96. The summed E-state index contributed by atoms with van der Waals surface area (Å²) in [7, 11) is 1.30. The summed E-state index contributed by atoms with van der Waals surface area (Å²) in [4.78, 5) is 16.6. The molecule has 0 aliphatic heterocycles. The summed E-state index contributed by atoms with van der Waals surface area (Å²) in [6.07, 6.45) is 0. The van der Waals surface area contributed by atoms with Crippen molar-refractivity contribution >= 4 is 40.2 Å². The first-order chi connectivity index (χ1) is 8.20. The molecule has 2 aromatic rings. The minimum Gasteiger partial charge on any atom is -0.465 e. The van der Waals surface area contributed by atoms with Crippen LogP contribution in [-0.4, -0.2) is 18.1 Å². The van der Waals surface area contributed by atoms with Crippen LogP contribution in [0.1, 0.15) is 14.5 Å². The average Bonchev–Trinajstić information content (AvgIpc) is 2.94. The van der Waals surface area contributed by atoms with Gasteiger partial charge in [-0.15, -0.1) is 11.3 Å². The molecule has 17 heavy (non-hydrogen) atoms. The summed E-state index contributed by atoms with van der Waals surface area (Å²) in [6.45, 7) is 0.419. The van der Waals surface area contributed by atoms with Crippen LogP contribution in [0.3, 0.4) is 0 Å². The summed E-state index contributed by atoms with van der Waals surface area (Å²) in [5.74, 6) is -0.501. The van der Waals surface area contributed by atoms with Crippen molar-refractivity contribution in [2.45, 2.75) is 6.61 Å². The molecule has 0 bridgehead atoms. The Bertz CT molecular complexity index is 510. The van der Waals surface area contributed by atoms with Gasteiger partial charge in [0, 0.05) is 4.88 Å². The number of carbonyl (C=O) groups is 1. The summed E-state index contributed by atoms with van der Waals surface area (Å²) in [5.41, 5.74) is 0. The second-order valence-electron chi connectivity index (χ2n) is 2.96. The number of thiophene rings is 1. The van der Waals surface area contributed by atoms with Gasteiger partial charge in [0.1, 0.15) is 6.61 Å². The van der Waals surface area contributed by atoms with Crippen molar-refractivity contribution < 1.29 is 14.3 Å². The number of nitrogens with zero attached hydrogens (tertiary/aromatic N) is 1. The van der Waals surface area contributed by atoms with E-state index in [-0.39, 0.29) is 10.0 Å². The van der Waals surface area contributed by atoms with Crippen LogP contribution in [0.2, 0.25) is 5.15 Å². The molecule has 4 nitrogen and oxygen atoms in total. The molecule has 0 radical (unpaired) electrons. The van der Waals surface area contributed by atoms with Gasteiger partial charge in [0.2, 0.25) is 0 Å². The monoisotopic (exact) mass is 289 g/mol. The molecular formula is C10H8ClNO3S2. The van der Waals surface area contributed by atoms with Crippen LogP contribution in [0, 0.1) is 0 Å². The number of esters is 1. The maximum atomic E-state index is 11.3. The SMILES string of the molecule is COC(=O)c1sc(OCc2cccs2)nc1Cl. The fourth-order valence-corrected chi connectivity index (χ4v) is 2.75. The molecule has 0 spiro atoms. The zero-order valence-corrected chi connectivity index (χ0v) is 11.2. The normalized spacial score (nSPS) is 10.2. The van der Waals surface area contributed by atoms with E-state index in [1.165, 1.54) is 7.11 Å². The van der Waals surface area contributed by atoms with Crippen LogP contribution < -0.4 is 4.74 Å². The number of hydrogen-bond donors (Lipinski definition) is 0. The lowest BCUT2D eigenvalue weighted by molar-refractivity contribution is 0.0606. The molecule has 7 heteroatoms. The smallest absolute Gasteiger partial charge is 0.351 e. The highest BCUT2D eigenvalue weighted by Crippen LogP contribution is 2.29. The van der Waals surface area contributed by atoms with E-state index in [9.17, 15) is 4.79 Å². The third-order valence-electron chi connectivity index (χ3n) is 1.85. The Morgan fingerprint density at radius 2 is 2.41 bits per heavy atom. The second kappa shape index (κ2) is 5.48. The first-order valence-corrected chi connectivity index (χ1v) is 6.68. The number of carbonyl (C=O) groups excluding carboxylic acids is 1. The lowest BCUT2D eigenvalue weighted by Crippen LogP contribution is -1.98. The predicted octanol–water partition coefficient (Wildman–Crippen LogP) is 3.22. The topological polar surface area (TPSA) is 48.4 Å². The van der Waals surface area contributed by atoms with Crippen LogP contribution in [-0.2, 0) is 11.3 Å². The van der Waals surface area contributed by atoms with E-state index >= 15 is 0 Å². The molecule has 0 fully saturated rings. The minimum absolute atomic E-state index is 0.114. The average molecular weight is 290 g/mol. The molecular weight excluding hydrogens is 282 g/mol. The van der Waals surface area contributed by atoms with Gasteiger partial charge in [-0.25, -0.2) is 4.79 Å². The first-order valence-electron chi connectivity index (χ1n) is 4.60. The van der Waals surface area contributed by atoms with E-state index < -0.39 is 5.97 Å². The molecule has 2 aromatic heterocycles. The number of methoxy groups -OCH3 is 1. The second-order valence-corrected chi connectivity index (χ2v) is 5.31. The molecule has 0 saturated carbocycles. The number of ether oxygens (including phenoxy) is 2. The van der Waals surface area contributed by atoms with Crippen LogP contribution in [0.25, 0.3) is 0 Å². The summed E-state index contributed by atoms with van der Waals surface area (Å²) < 4.78 is 10.0. The zero-order chi connectivity index (χ0) is 12.3. The van der Waals surface area contributed by atoms with Crippen molar-refractivity contribution in [1.29, 1.82) is 0 Å². The molecule has 0 unspecified atom stereocenters. The molecule has 0 aliphatic rings. The van der Waals surface area contributed by atoms with E-state index in [2.05, 4.69) is 9.72 Å². The van der Waals surface area contributed by atoms with E-state index in [0.29, 0.717) is 11.8 Å². The van der Waals surface area contributed by atoms with Crippen molar-refractivity contribution in [3.8, 4) is 5.19 Å². The molecule has 90 valence electrons. The maximum absolute atomic E-state index is 11.3. The van der Waals surface area contributed by atoms with Crippen LogP contribution >= 0.6 is 34.3 Å². The Labute approximate surface area is 111 Å². The van der Waals surface area contributed by atoms with Crippen LogP contribution in [0.15, 0.2) is 17.5 Å². The van der Waals surface area contributed by atoms with Gasteiger partial charge < -0.3 is 9.47 Å². The highest BCUT2D eigenvalue weighted by molar-refractivity contribution is 7.15.